The summed E-state index contributed by atoms with van der Waals surface area (Å²) in [6, 6.07) is 3.08. The van der Waals surface area contributed by atoms with Crippen LogP contribution < -0.4 is 71.2 Å². The highest BCUT2D eigenvalue weighted by Crippen LogP contribution is 2.17. The van der Waals surface area contributed by atoms with Gasteiger partial charge in [0.2, 0.25) is 0 Å². The van der Waals surface area contributed by atoms with Crippen LogP contribution in [-0.2, 0) is 0 Å². The van der Waals surface area contributed by atoms with Crippen LogP contribution in [0.4, 0.5) is 0 Å². The topological polar surface area (TPSA) is 296 Å². The third kappa shape index (κ3) is 66.8. The minimum Gasteiger partial charge on any atom is -0.395 e. The number of hydrogen-bond acceptors (Lipinski definition) is 24. The molecular formula is C88H198N22O2. The van der Waals surface area contributed by atoms with E-state index < -0.39 is 0 Å². The van der Waals surface area contributed by atoms with Crippen LogP contribution in [0.2, 0.25) is 0 Å². The summed E-state index contributed by atoms with van der Waals surface area (Å²) in [4.78, 5) is 21.4. The van der Waals surface area contributed by atoms with Crippen molar-refractivity contribution in [2.24, 2.45) is 52.3 Å². The summed E-state index contributed by atoms with van der Waals surface area (Å²) in [5.74, 6) is 3.61. The molecule has 0 aromatic carbocycles. The highest BCUT2D eigenvalue weighted by molar-refractivity contribution is 4.80. The summed E-state index contributed by atoms with van der Waals surface area (Å²) in [6.45, 7) is 54.9. The average molecular weight is 1600 g/mol. The van der Waals surface area contributed by atoms with Crippen LogP contribution in [-0.4, -0.2) is 375 Å². The van der Waals surface area contributed by atoms with Crippen molar-refractivity contribution in [2.45, 2.75) is 264 Å². The summed E-state index contributed by atoms with van der Waals surface area (Å²) in [7, 11) is 12.7. The molecule has 10 aliphatic rings. The first kappa shape index (κ1) is 109. The van der Waals surface area contributed by atoms with Gasteiger partial charge in [-0.05, 0) is 416 Å². The van der Waals surface area contributed by atoms with Gasteiger partial charge >= 0.3 is 0 Å². The van der Waals surface area contributed by atoms with Gasteiger partial charge in [-0.1, -0.05) is 73.6 Å². The van der Waals surface area contributed by atoms with Crippen LogP contribution >= 0.6 is 0 Å². The predicted molar refractivity (Wildman–Crippen MR) is 487 cm³/mol. The Balaban J connectivity index is 0.000000624. The Bertz CT molecular complexity index is 1830. The molecule has 0 atom stereocenters. The number of aliphatic hydroxyl groups is 2. The van der Waals surface area contributed by atoms with E-state index in [9.17, 15) is 0 Å². The fraction of sp³-hybridized carbons (Fsp3) is 1.00. The quantitative estimate of drug-likeness (QED) is 0.0263. The molecule has 0 bridgehead atoms. The standard InChI is InChI=1S/C12H26N2.C10H23N3.C9H21N3.C9H20N2O.2C9H20N2.2C8H18N2.C7H16N2O.C7H16N2/c1-2-3-4-5-6-9-14-10-7-12(13)8-11-14;1-13(2)9-3-6-12-10-4-7-11-8-5-10;1-12(2)8-11-7-9-3-5-10-6-4-9;1-11(6-7-12)8-9-2-4-10-5-3-9;1-3-11(2)8-9-4-6-10-7-5-9;1-2-3-6-11-7-4-9(10)5-8-11;1-2-9-7-8-3-5-10-6-4-8;1-2-5-10-6-3-8(9)4-7-10;8-7-1-3-9(4-2-7)5-6-10;1-2-9-5-3-7(8)4-6-9/h12H,2-11,13H2,1H3;10-12H,3-9H2,1-2H3;9-11H,3-8H2,1-2H3;9-10,12H,2-8H2,1H3;9-10H,3-8H2,1-2H3;9H,2-8,10H2,1H3;8-10H,2-7H2,1H3;8H,2-7,9H2,1H3;7,10H,1-6,8H2;7H,2-6,8H2,1H3. The largest absolute Gasteiger partial charge is 0.395 e. The van der Waals surface area contributed by atoms with Gasteiger partial charge in [-0.2, -0.15) is 0 Å². The van der Waals surface area contributed by atoms with E-state index in [4.69, 9.17) is 38.9 Å². The van der Waals surface area contributed by atoms with E-state index in [0.29, 0.717) is 30.2 Å². The maximum atomic E-state index is 8.71. The Labute approximate surface area is 694 Å². The molecule has 10 fully saturated rings. The highest BCUT2D eigenvalue weighted by atomic mass is 16.3. The Morgan fingerprint density at radius 1 is 0.339 bits per heavy atom. The lowest BCUT2D eigenvalue weighted by molar-refractivity contribution is 0.165. The SMILES string of the molecule is CCCCCCCN1CCC(N)CC1.CCCCN1CCC(N)CC1.CCCN1CCC(N)CC1.CCN(C)CC1CCNCC1.CCN1CCC(N)CC1.CCNCC1CCNCC1.CN(C)CCCNC1CCNCC1.CN(C)CNCC1CCNCC1.CN(CCO)CC1CCNCC1.NC1CCN(CCO)CC1. The number of likely N-dealkylation sites (N-methyl/N-ethyl adjacent to an activating group) is 1. The molecule has 10 saturated heterocycles. The molecule has 24 heteroatoms. The molecule has 0 radical (unpaired) electrons. The zero-order chi connectivity index (χ0) is 82.3. The number of aliphatic hydroxyl groups excluding tert-OH is 2. The van der Waals surface area contributed by atoms with Crippen LogP contribution in [0, 0.1) is 23.7 Å². The number of nitrogens with zero attached hydrogens (tertiary/aromatic N) is 9. The Hall–Kier alpha value is -0.960. The van der Waals surface area contributed by atoms with Crippen molar-refractivity contribution >= 4 is 0 Å². The molecule has 0 spiro atoms. The molecule has 0 unspecified atom stereocenters. The third-order valence-electron chi connectivity index (χ3n) is 24.1. The highest BCUT2D eigenvalue weighted by Gasteiger charge is 2.21. The van der Waals surface area contributed by atoms with Gasteiger partial charge in [0.25, 0.3) is 0 Å². The molecule has 0 aromatic heterocycles. The van der Waals surface area contributed by atoms with Crippen molar-refractivity contribution < 1.29 is 10.2 Å². The second kappa shape index (κ2) is 77.4. The number of likely N-dealkylation sites (tertiary alicyclic amines) is 5. The van der Waals surface area contributed by atoms with Gasteiger partial charge in [0, 0.05) is 69.1 Å². The van der Waals surface area contributed by atoms with E-state index in [0.717, 1.165) is 102 Å². The maximum absolute atomic E-state index is 8.71. The predicted octanol–water partition coefficient (Wildman–Crippen LogP) is 6.06. The van der Waals surface area contributed by atoms with Gasteiger partial charge in [0.05, 0.1) is 13.2 Å². The van der Waals surface area contributed by atoms with Crippen molar-refractivity contribution in [3.63, 3.8) is 0 Å². The first-order valence-corrected chi connectivity index (χ1v) is 47.3. The Morgan fingerprint density at radius 3 is 1.05 bits per heavy atom. The summed E-state index contributed by atoms with van der Waals surface area (Å²) in [6.07, 6.45) is 37.2. The molecule has 112 heavy (non-hydrogen) atoms. The molecular weight excluding hydrogens is 1400 g/mol. The minimum atomic E-state index is 0.273. The van der Waals surface area contributed by atoms with Crippen LogP contribution in [0.3, 0.4) is 0 Å². The number of β-amino-alcohol motifs (C(OH)–C–C–N with tert-alkyl or cyclic N) is 1. The van der Waals surface area contributed by atoms with Gasteiger partial charge in [-0.25, -0.2) is 0 Å². The molecule has 0 aliphatic carbocycles. The molecule has 0 aromatic rings. The molecule has 24 nitrogen and oxygen atoms in total. The lowest BCUT2D eigenvalue weighted by Crippen LogP contribution is -2.40. The van der Waals surface area contributed by atoms with Gasteiger partial charge in [-0.3, -0.25) is 4.90 Å². The third-order valence-corrected chi connectivity index (χ3v) is 24.1. The molecule has 10 heterocycles. The molecule has 10 aliphatic heterocycles. The lowest BCUT2D eigenvalue weighted by Gasteiger charge is -2.29. The fourth-order valence-corrected chi connectivity index (χ4v) is 15.9. The van der Waals surface area contributed by atoms with Gasteiger partial charge in [-0.15, -0.1) is 0 Å². The van der Waals surface area contributed by atoms with E-state index in [1.807, 2.05) is 0 Å². The number of rotatable bonds is 33. The Morgan fingerprint density at radius 2 is 0.696 bits per heavy atom. The first-order chi connectivity index (χ1) is 54.3. The van der Waals surface area contributed by atoms with Crippen molar-refractivity contribution in [1.29, 1.82) is 0 Å². The molecule has 0 amide bonds. The second-order valence-corrected chi connectivity index (χ2v) is 35.2. The van der Waals surface area contributed by atoms with Crippen LogP contribution in [0.5, 0.6) is 0 Å². The fourth-order valence-electron chi connectivity index (χ4n) is 15.9. The number of nitrogens with two attached hydrogens (primary N) is 5. The normalized spacial score (nSPS) is 21.5. The molecule has 20 N–H and O–H groups in total. The average Bonchev–Trinajstić information content (AvgIpc) is 0.949. The molecule has 10 rings (SSSR count). The van der Waals surface area contributed by atoms with E-state index in [-0.39, 0.29) is 13.2 Å². The van der Waals surface area contributed by atoms with E-state index in [1.165, 1.54) is 344 Å². The van der Waals surface area contributed by atoms with E-state index in [1.54, 1.807) is 0 Å². The first-order valence-electron chi connectivity index (χ1n) is 47.3. The van der Waals surface area contributed by atoms with E-state index in [2.05, 4.69) is 170 Å². The summed E-state index contributed by atoms with van der Waals surface area (Å²) >= 11 is 0. The van der Waals surface area contributed by atoms with Crippen molar-refractivity contribution in [3.05, 3.63) is 0 Å². The molecule has 672 valence electrons. The van der Waals surface area contributed by atoms with Crippen LogP contribution in [0.1, 0.15) is 228 Å². The maximum Gasteiger partial charge on any atom is 0.0558 e. The number of nitrogens with one attached hydrogen (secondary N) is 8. The Kier molecular flexibility index (Phi) is 75.3. The monoisotopic (exact) mass is 1600 g/mol. The van der Waals surface area contributed by atoms with Crippen molar-refractivity contribution in [2.75, 3.05) is 285 Å². The molecule has 0 saturated carbocycles. The van der Waals surface area contributed by atoms with Gasteiger partial charge in [0.1, 0.15) is 0 Å². The number of hydrogen-bond donors (Lipinski definition) is 15. The second-order valence-electron chi connectivity index (χ2n) is 35.2. The number of piperidine rings is 10. The zero-order valence-corrected chi connectivity index (χ0v) is 76.2. The zero-order valence-electron chi connectivity index (χ0n) is 76.2. The van der Waals surface area contributed by atoms with E-state index >= 15 is 0 Å². The lowest BCUT2D eigenvalue weighted by atomic mass is 9.98. The van der Waals surface area contributed by atoms with Gasteiger partial charge in [0.15, 0.2) is 0 Å². The summed E-state index contributed by atoms with van der Waals surface area (Å²) < 4.78 is 0. The summed E-state index contributed by atoms with van der Waals surface area (Å²) in [5, 5.41) is 44.6. The minimum absolute atomic E-state index is 0.273. The van der Waals surface area contributed by atoms with Crippen molar-refractivity contribution in [1.82, 2.24) is 86.6 Å². The smallest absolute Gasteiger partial charge is 0.0558 e. The van der Waals surface area contributed by atoms with Gasteiger partial charge < -0.3 is 121 Å². The van der Waals surface area contributed by atoms with Crippen molar-refractivity contribution in [3.8, 4) is 0 Å². The van der Waals surface area contributed by atoms with Crippen LogP contribution in [0.25, 0.3) is 0 Å². The number of unbranched alkanes of at least 4 members (excludes halogenated alkanes) is 5. The van der Waals surface area contributed by atoms with Crippen LogP contribution in [0.15, 0.2) is 0 Å². The summed E-state index contributed by atoms with van der Waals surface area (Å²) in [5.41, 5.74) is 28.9.